The van der Waals surface area contributed by atoms with E-state index in [4.69, 9.17) is 15.3 Å². The number of ether oxygens (including phenoxy) is 2. The van der Waals surface area contributed by atoms with Crippen LogP contribution in [0.3, 0.4) is 0 Å². The second kappa shape index (κ2) is 6.17. The van der Waals surface area contributed by atoms with Crippen LogP contribution in [-0.4, -0.2) is 19.2 Å². The van der Waals surface area contributed by atoms with Crippen molar-refractivity contribution in [1.29, 1.82) is 0 Å². The monoisotopic (exact) mass is 259 g/mol. The number of methoxy groups -OCH3 is 2. The third-order valence-corrected chi connectivity index (χ3v) is 2.92. The van der Waals surface area contributed by atoms with E-state index in [0.717, 1.165) is 16.9 Å². The minimum absolute atomic E-state index is 0.250. The summed E-state index contributed by atoms with van der Waals surface area (Å²) in [7, 11) is 3.22. The van der Waals surface area contributed by atoms with Crippen molar-refractivity contribution in [2.24, 2.45) is 5.84 Å². The number of pyridine rings is 1. The summed E-state index contributed by atoms with van der Waals surface area (Å²) >= 11 is 0. The van der Waals surface area contributed by atoms with Gasteiger partial charge in [-0.25, -0.2) is 10.4 Å². The highest BCUT2D eigenvalue weighted by Gasteiger charge is 2.20. The molecule has 5 nitrogen and oxygen atoms in total. The first-order valence-corrected chi connectivity index (χ1v) is 5.89. The van der Waals surface area contributed by atoms with Gasteiger partial charge in [0.25, 0.3) is 0 Å². The molecule has 0 amide bonds. The van der Waals surface area contributed by atoms with E-state index in [1.807, 2.05) is 36.4 Å². The zero-order valence-electron chi connectivity index (χ0n) is 11.0. The summed E-state index contributed by atoms with van der Waals surface area (Å²) < 4.78 is 10.6. The average Bonchev–Trinajstić information content (AvgIpc) is 2.49. The summed E-state index contributed by atoms with van der Waals surface area (Å²) in [5, 5.41) is 0. The van der Waals surface area contributed by atoms with Crippen LogP contribution in [0.15, 0.2) is 42.6 Å². The highest BCUT2D eigenvalue weighted by molar-refractivity contribution is 5.44. The van der Waals surface area contributed by atoms with E-state index in [-0.39, 0.29) is 6.04 Å². The van der Waals surface area contributed by atoms with E-state index in [2.05, 4.69) is 10.4 Å². The number of hydrogen-bond acceptors (Lipinski definition) is 5. The molecule has 0 saturated carbocycles. The van der Waals surface area contributed by atoms with Crippen molar-refractivity contribution in [3.63, 3.8) is 0 Å². The van der Waals surface area contributed by atoms with Crippen LogP contribution in [0.25, 0.3) is 0 Å². The molecule has 3 N–H and O–H groups in total. The van der Waals surface area contributed by atoms with E-state index in [1.165, 1.54) is 0 Å². The Labute approximate surface area is 112 Å². The van der Waals surface area contributed by atoms with Gasteiger partial charge in [0.05, 0.1) is 20.3 Å². The van der Waals surface area contributed by atoms with Crippen LogP contribution in [0.5, 0.6) is 11.6 Å². The van der Waals surface area contributed by atoms with Gasteiger partial charge in [0.2, 0.25) is 5.88 Å². The Morgan fingerprint density at radius 2 is 1.79 bits per heavy atom. The van der Waals surface area contributed by atoms with Crippen LogP contribution < -0.4 is 20.7 Å². The van der Waals surface area contributed by atoms with Crippen LogP contribution >= 0.6 is 0 Å². The van der Waals surface area contributed by atoms with Crippen molar-refractivity contribution in [3.8, 4) is 11.6 Å². The van der Waals surface area contributed by atoms with Crippen LogP contribution in [0, 0.1) is 0 Å². The zero-order chi connectivity index (χ0) is 13.7. The Morgan fingerprint density at radius 1 is 1.05 bits per heavy atom. The van der Waals surface area contributed by atoms with E-state index in [0.29, 0.717) is 5.88 Å². The molecule has 5 heteroatoms. The second-order valence-electron chi connectivity index (χ2n) is 3.94. The van der Waals surface area contributed by atoms with Gasteiger partial charge in [-0.05, 0) is 12.1 Å². The molecule has 0 aliphatic carbocycles. The molecule has 0 spiro atoms. The summed E-state index contributed by atoms with van der Waals surface area (Å²) in [6, 6.07) is 11.2. The SMILES string of the molecule is COc1ccccc1C(NN)c1cccnc1OC. The van der Waals surface area contributed by atoms with Crippen LogP contribution in [-0.2, 0) is 0 Å². The number of rotatable bonds is 5. The molecule has 1 heterocycles. The quantitative estimate of drug-likeness (QED) is 0.631. The maximum atomic E-state index is 5.70. The topological polar surface area (TPSA) is 69.4 Å². The number of nitrogens with zero attached hydrogens (tertiary/aromatic N) is 1. The number of hydrazine groups is 1. The van der Waals surface area contributed by atoms with Crippen molar-refractivity contribution in [2.45, 2.75) is 6.04 Å². The number of hydrogen-bond donors (Lipinski definition) is 2. The third-order valence-electron chi connectivity index (χ3n) is 2.92. The van der Waals surface area contributed by atoms with Gasteiger partial charge in [0, 0.05) is 17.3 Å². The van der Waals surface area contributed by atoms with Gasteiger partial charge in [-0.3, -0.25) is 5.84 Å². The Balaban J connectivity index is 2.50. The number of benzene rings is 1. The second-order valence-corrected chi connectivity index (χ2v) is 3.94. The lowest BCUT2D eigenvalue weighted by atomic mass is 9.99. The fourth-order valence-corrected chi connectivity index (χ4v) is 2.05. The molecule has 2 rings (SSSR count). The van der Waals surface area contributed by atoms with Crippen LogP contribution in [0.4, 0.5) is 0 Å². The van der Waals surface area contributed by atoms with E-state index in [1.54, 1.807) is 20.4 Å². The van der Waals surface area contributed by atoms with Crippen molar-refractivity contribution < 1.29 is 9.47 Å². The average molecular weight is 259 g/mol. The van der Waals surface area contributed by atoms with E-state index in [9.17, 15) is 0 Å². The molecule has 1 atom stereocenters. The molecule has 1 aromatic carbocycles. The molecule has 0 radical (unpaired) electrons. The number of nitrogens with two attached hydrogens (primary N) is 1. The Morgan fingerprint density at radius 3 is 2.47 bits per heavy atom. The molecule has 1 unspecified atom stereocenters. The molecule has 1 aromatic heterocycles. The summed E-state index contributed by atoms with van der Waals surface area (Å²) in [6.45, 7) is 0. The van der Waals surface area contributed by atoms with Gasteiger partial charge in [-0.15, -0.1) is 0 Å². The van der Waals surface area contributed by atoms with Crippen molar-refractivity contribution in [3.05, 3.63) is 53.7 Å². The smallest absolute Gasteiger partial charge is 0.218 e. The maximum Gasteiger partial charge on any atom is 0.218 e. The molecule has 0 saturated heterocycles. The molecule has 0 fully saturated rings. The fraction of sp³-hybridized carbons (Fsp3) is 0.214. The molecule has 0 bridgehead atoms. The molecule has 19 heavy (non-hydrogen) atoms. The van der Waals surface area contributed by atoms with E-state index < -0.39 is 0 Å². The standard InChI is InChI=1S/C14H17N3O2/c1-18-12-8-4-3-6-10(12)13(17-15)11-7-5-9-16-14(11)19-2/h3-9,13,17H,15H2,1-2H3. The Bertz CT molecular complexity index is 498. The van der Waals surface area contributed by atoms with Gasteiger partial charge in [0.1, 0.15) is 5.75 Å². The molecule has 0 aliphatic rings. The van der Waals surface area contributed by atoms with Gasteiger partial charge >= 0.3 is 0 Å². The normalized spacial score (nSPS) is 11.9. The van der Waals surface area contributed by atoms with Crippen molar-refractivity contribution in [2.75, 3.05) is 14.2 Å². The number of aromatic nitrogens is 1. The molecule has 2 aromatic rings. The largest absolute Gasteiger partial charge is 0.496 e. The third kappa shape index (κ3) is 2.67. The summed E-state index contributed by atoms with van der Waals surface area (Å²) in [6.07, 6.45) is 1.68. The lowest BCUT2D eigenvalue weighted by molar-refractivity contribution is 0.382. The lowest BCUT2D eigenvalue weighted by Crippen LogP contribution is -2.29. The lowest BCUT2D eigenvalue weighted by Gasteiger charge is -2.20. The summed E-state index contributed by atoms with van der Waals surface area (Å²) in [5.41, 5.74) is 4.57. The summed E-state index contributed by atoms with van der Waals surface area (Å²) in [4.78, 5) is 4.19. The van der Waals surface area contributed by atoms with Gasteiger partial charge in [-0.1, -0.05) is 24.3 Å². The Hall–Kier alpha value is -2.11. The highest BCUT2D eigenvalue weighted by atomic mass is 16.5. The first-order valence-electron chi connectivity index (χ1n) is 5.89. The molecule has 0 aliphatic heterocycles. The minimum Gasteiger partial charge on any atom is -0.496 e. The fourth-order valence-electron chi connectivity index (χ4n) is 2.05. The highest BCUT2D eigenvalue weighted by Crippen LogP contribution is 2.32. The number of para-hydroxylation sites is 1. The van der Waals surface area contributed by atoms with Crippen molar-refractivity contribution in [1.82, 2.24) is 10.4 Å². The summed E-state index contributed by atoms with van der Waals surface area (Å²) in [5.74, 6) is 6.99. The maximum absolute atomic E-state index is 5.70. The van der Waals surface area contributed by atoms with E-state index >= 15 is 0 Å². The minimum atomic E-state index is -0.250. The van der Waals surface area contributed by atoms with Crippen molar-refractivity contribution >= 4 is 0 Å². The first-order chi connectivity index (χ1) is 9.31. The molecular formula is C14H17N3O2. The van der Waals surface area contributed by atoms with Crippen LogP contribution in [0.1, 0.15) is 17.2 Å². The Kier molecular flexibility index (Phi) is 4.33. The number of nitrogens with one attached hydrogen (secondary N) is 1. The predicted molar refractivity (Wildman–Crippen MR) is 72.9 cm³/mol. The predicted octanol–water partition coefficient (Wildman–Crippen LogP) is 1.65. The first kappa shape index (κ1) is 13.3. The van der Waals surface area contributed by atoms with Gasteiger partial charge in [-0.2, -0.15) is 0 Å². The van der Waals surface area contributed by atoms with Crippen LogP contribution in [0.2, 0.25) is 0 Å². The zero-order valence-corrected chi connectivity index (χ0v) is 11.0. The molecular weight excluding hydrogens is 242 g/mol. The van der Waals surface area contributed by atoms with Gasteiger partial charge < -0.3 is 9.47 Å². The van der Waals surface area contributed by atoms with Gasteiger partial charge in [0.15, 0.2) is 0 Å². The molecule has 100 valence electrons.